The van der Waals surface area contributed by atoms with Crippen LogP contribution in [0.2, 0.25) is 0 Å². The van der Waals surface area contributed by atoms with Gasteiger partial charge in [-0.05, 0) is 0 Å². The number of aromatic nitrogens is 1. The third-order valence-electron chi connectivity index (χ3n) is 1.55. The highest BCUT2D eigenvalue weighted by Gasteiger charge is 2.08. The smallest absolute Gasteiger partial charge is 0.145 e. The second-order valence-corrected chi connectivity index (χ2v) is 2.42. The number of pyridine rings is 1. The first-order valence-electron chi connectivity index (χ1n) is 3.44. The van der Waals surface area contributed by atoms with E-state index >= 15 is 0 Å². The number of halogens is 1. The molecule has 3 nitrogen and oxygen atoms in total. The zero-order valence-electron chi connectivity index (χ0n) is 7.00. The lowest BCUT2D eigenvalue weighted by atomic mass is 10.2. The summed E-state index contributed by atoms with van der Waals surface area (Å²) in [6.07, 6.45) is 3.22. The number of nitrogens with zero attached hydrogens (tertiary/aromatic N) is 1. The fourth-order valence-electron chi connectivity index (χ4n) is 0.933. The van der Waals surface area contributed by atoms with Crippen molar-refractivity contribution in [2.75, 3.05) is 14.2 Å². The van der Waals surface area contributed by atoms with E-state index in [1.807, 2.05) is 0 Å². The van der Waals surface area contributed by atoms with E-state index in [9.17, 15) is 0 Å². The maximum absolute atomic E-state index is 5.71. The van der Waals surface area contributed by atoms with Gasteiger partial charge in [0.1, 0.15) is 11.5 Å². The van der Waals surface area contributed by atoms with Gasteiger partial charge in [-0.1, -0.05) is 0 Å². The van der Waals surface area contributed by atoms with Crippen LogP contribution in [-0.2, 0) is 5.88 Å². The Balaban J connectivity index is 3.13. The van der Waals surface area contributed by atoms with Gasteiger partial charge in [0.05, 0.1) is 38.1 Å². The predicted octanol–water partition coefficient (Wildman–Crippen LogP) is 1.84. The molecule has 0 bridgehead atoms. The molecule has 12 heavy (non-hydrogen) atoms. The Morgan fingerprint density at radius 2 is 1.75 bits per heavy atom. The number of methoxy groups -OCH3 is 2. The van der Waals surface area contributed by atoms with Crippen molar-refractivity contribution >= 4 is 11.6 Å². The zero-order chi connectivity index (χ0) is 8.97. The molecule has 0 atom stereocenters. The molecule has 1 rings (SSSR count). The average Bonchev–Trinajstić information content (AvgIpc) is 2.16. The normalized spacial score (nSPS) is 9.58. The summed E-state index contributed by atoms with van der Waals surface area (Å²) in [5, 5.41) is 0. The van der Waals surface area contributed by atoms with Crippen molar-refractivity contribution in [2.24, 2.45) is 0 Å². The van der Waals surface area contributed by atoms with Gasteiger partial charge in [0.15, 0.2) is 0 Å². The number of alkyl halides is 1. The van der Waals surface area contributed by atoms with Crippen molar-refractivity contribution in [3.63, 3.8) is 0 Å². The molecule has 0 spiro atoms. The van der Waals surface area contributed by atoms with Gasteiger partial charge >= 0.3 is 0 Å². The molecule has 0 N–H and O–H groups in total. The fourth-order valence-corrected chi connectivity index (χ4v) is 1.20. The second kappa shape index (κ2) is 4.16. The van der Waals surface area contributed by atoms with Crippen LogP contribution >= 0.6 is 11.6 Å². The van der Waals surface area contributed by atoms with Gasteiger partial charge in [-0.2, -0.15) is 0 Å². The monoisotopic (exact) mass is 187 g/mol. The Kier molecular flexibility index (Phi) is 3.17. The molecule has 66 valence electrons. The molecule has 0 aromatic carbocycles. The predicted molar refractivity (Wildman–Crippen MR) is 46.9 cm³/mol. The van der Waals surface area contributed by atoms with Gasteiger partial charge < -0.3 is 9.47 Å². The largest absolute Gasteiger partial charge is 0.495 e. The molecule has 1 heterocycles. The highest BCUT2D eigenvalue weighted by Crippen LogP contribution is 2.27. The summed E-state index contributed by atoms with van der Waals surface area (Å²) in [7, 11) is 3.15. The van der Waals surface area contributed by atoms with Crippen molar-refractivity contribution in [1.82, 2.24) is 4.98 Å². The summed E-state index contributed by atoms with van der Waals surface area (Å²) >= 11 is 5.71. The topological polar surface area (TPSA) is 31.4 Å². The highest BCUT2D eigenvalue weighted by molar-refractivity contribution is 6.17. The summed E-state index contributed by atoms with van der Waals surface area (Å²) in [4.78, 5) is 3.93. The van der Waals surface area contributed by atoms with Gasteiger partial charge in [0.25, 0.3) is 0 Å². The van der Waals surface area contributed by atoms with E-state index in [2.05, 4.69) is 4.98 Å². The van der Waals surface area contributed by atoms with Gasteiger partial charge in [-0.3, -0.25) is 4.98 Å². The molecule has 0 amide bonds. The summed E-state index contributed by atoms with van der Waals surface area (Å²) < 4.78 is 10.1. The van der Waals surface area contributed by atoms with Crippen LogP contribution in [0.3, 0.4) is 0 Å². The van der Waals surface area contributed by atoms with E-state index in [-0.39, 0.29) is 0 Å². The number of rotatable bonds is 3. The molecule has 1 aromatic heterocycles. The van der Waals surface area contributed by atoms with Crippen molar-refractivity contribution < 1.29 is 9.47 Å². The van der Waals surface area contributed by atoms with Crippen LogP contribution in [0.15, 0.2) is 12.4 Å². The Hall–Kier alpha value is -0.960. The minimum Gasteiger partial charge on any atom is -0.495 e. The third kappa shape index (κ3) is 1.61. The molecule has 4 heteroatoms. The second-order valence-electron chi connectivity index (χ2n) is 2.16. The summed E-state index contributed by atoms with van der Waals surface area (Å²) in [5.74, 6) is 1.67. The molecule has 0 radical (unpaired) electrons. The van der Waals surface area contributed by atoms with E-state index in [4.69, 9.17) is 21.1 Å². The summed E-state index contributed by atoms with van der Waals surface area (Å²) in [5.41, 5.74) is 0.830. The Morgan fingerprint density at radius 1 is 1.25 bits per heavy atom. The van der Waals surface area contributed by atoms with E-state index in [0.29, 0.717) is 17.4 Å². The van der Waals surface area contributed by atoms with E-state index < -0.39 is 0 Å². The number of hydrogen-bond donors (Lipinski definition) is 0. The SMILES string of the molecule is COc1cncc(OC)c1CCl. The zero-order valence-corrected chi connectivity index (χ0v) is 7.76. The maximum Gasteiger partial charge on any atom is 0.145 e. The first-order chi connectivity index (χ1) is 5.83. The van der Waals surface area contributed by atoms with Crippen LogP contribution in [0, 0.1) is 0 Å². The third-order valence-corrected chi connectivity index (χ3v) is 1.82. The van der Waals surface area contributed by atoms with Crippen LogP contribution < -0.4 is 9.47 Å². The minimum absolute atomic E-state index is 0.356. The van der Waals surface area contributed by atoms with Crippen LogP contribution in [0.4, 0.5) is 0 Å². The van der Waals surface area contributed by atoms with Crippen molar-refractivity contribution in [3.8, 4) is 11.5 Å². The molecular weight excluding hydrogens is 178 g/mol. The van der Waals surface area contributed by atoms with Crippen molar-refractivity contribution in [2.45, 2.75) is 5.88 Å². The highest BCUT2D eigenvalue weighted by atomic mass is 35.5. The fraction of sp³-hybridized carbons (Fsp3) is 0.375. The van der Waals surface area contributed by atoms with Crippen LogP contribution in [0.5, 0.6) is 11.5 Å². The molecular formula is C8H10ClNO2. The van der Waals surface area contributed by atoms with Crippen molar-refractivity contribution in [1.29, 1.82) is 0 Å². The maximum atomic E-state index is 5.71. The van der Waals surface area contributed by atoms with Crippen LogP contribution in [0.1, 0.15) is 5.56 Å². The molecule has 0 fully saturated rings. The van der Waals surface area contributed by atoms with Gasteiger partial charge in [-0.15, -0.1) is 11.6 Å². The lowest BCUT2D eigenvalue weighted by Gasteiger charge is -2.08. The quantitative estimate of drug-likeness (QED) is 0.677. The van der Waals surface area contributed by atoms with Gasteiger partial charge in [0, 0.05) is 0 Å². The number of ether oxygens (including phenoxy) is 2. The lowest BCUT2D eigenvalue weighted by molar-refractivity contribution is 0.384. The number of hydrogen-bond acceptors (Lipinski definition) is 3. The molecule has 0 aliphatic carbocycles. The lowest BCUT2D eigenvalue weighted by Crippen LogP contribution is -1.95. The van der Waals surface area contributed by atoms with Crippen molar-refractivity contribution in [3.05, 3.63) is 18.0 Å². The molecule has 0 aliphatic heterocycles. The minimum atomic E-state index is 0.356. The summed E-state index contributed by atoms with van der Waals surface area (Å²) in [6.45, 7) is 0. The van der Waals surface area contributed by atoms with Crippen LogP contribution in [-0.4, -0.2) is 19.2 Å². The Morgan fingerprint density at radius 3 is 2.08 bits per heavy atom. The van der Waals surface area contributed by atoms with E-state index in [0.717, 1.165) is 5.56 Å². The van der Waals surface area contributed by atoms with E-state index in [1.54, 1.807) is 26.6 Å². The van der Waals surface area contributed by atoms with Gasteiger partial charge in [0.2, 0.25) is 0 Å². The molecule has 0 unspecified atom stereocenters. The van der Waals surface area contributed by atoms with E-state index in [1.165, 1.54) is 0 Å². The Labute approximate surface area is 76.3 Å². The van der Waals surface area contributed by atoms with Crippen LogP contribution in [0.25, 0.3) is 0 Å². The Bertz CT molecular complexity index is 243. The first-order valence-corrected chi connectivity index (χ1v) is 3.97. The molecule has 0 saturated heterocycles. The molecule has 0 saturated carbocycles. The summed E-state index contributed by atoms with van der Waals surface area (Å²) in [6, 6.07) is 0. The average molecular weight is 188 g/mol. The first kappa shape index (κ1) is 9.13. The molecule has 0 aliphatic rings. The van der Waals surface area contributed by atoms with Gasteiger partial charge in [-0.25, -0.2) is 0 Å². The molecule has 1 aromatic rings. The standard InChI is InChI=1S/C8H10ClNO2/c1-11-7-4-10-5-8(12-2)6(7)3-9/h4-5H,3H2,1-2H3.